The molecule has 1 saturated heterocycles. The summed E-state index contributed by atoms with van der Waals surface area (Å²) in [4.78, 5) is 28.4. The number of carbonyl (C=O) groups excluding carboxylic acids is 2. The van der Waals surface area contributed by atoms with Gasteiger partial charge in [0.05, 0.1) is 0 Å². The molecule has 8 heteroatoms. The van der Waals surface area contributed by atoms with E-state index >= 15 is 0 Å². The van der Waals surface area contributed by atoms with Gasteiger partial charge in [0.25, 0.3) is 11.8 Å². The predicted molar refractivity (Wildman–Crippen MR) is 85.6 cm³/mol. The number of hydrogen-bond acceptors (Lipinski definition) is 6. The van der Waals surface area contributed by atoms with Gasteiger partial charge in [0, 0.05) is 37.8 Å². The number of benzene rings is 1. The van der Waals surface area contributed by atoms with Crippen LogP contribution in [0.2, 0.25) is 0 Å². The second-order valence-corrected chi connectivity index (χ2v) is 5.98. The van der Waals surface area contributed by atoms with E-state index in [1.54, 1.807) is 41.0 Å². The summed E-state index contributed by atoms with van der Waals surface area (Å²) in [6.45, 7) is 3.77. The normalized spacial score (nSPS) is 16.2. The van der Waals surface area contributed by atoms with E-state index in [0.29, 0.717) is 54.7 Å². The molecule has 2 aliphatic heterocycles. The summed E-state index contributed by atoms with van der Waals surface area (Å²) in [6, 6.07) is 6.78. The number of nitrogens with zero attached hydrogens (tertiary/aromatic N) is 3. The molecule has 130 valence electrons. The van der Waals surface area contributed by atoms with Crippen molar-refractivity contribution in [2.75, 3.05) is 33.0 Å². The minimum atomic E-state index is -0.174. The molecule has 0 spiro atoms. The maximum atomic E-state index is 12.6. The van der Waals surface area contributed by atoms with Crippen LogP contribution in [0.5, 0.6) is 11.5 Å². The molecule has 2 aliphatic rings. The van der Waals surface area contributed by atoms with Crippen molar-refractivity contribution >= 4 is 11.8 Å². The Morgan fingerprint density at radius 2 is 1.64 bits per heavy atom. The lowest BCUT2D eigenvalue weighted by atomic mass is 10.1. The largest absolute Gasteiger partial charge is 0.454 e. The maximum Gasteiger partial charge on any atom is 0.276 e. The molecular formula is C17H17N3O5. The van der Waals surface area contributed by atoms with Gasteiger partial charge in [-0.1, -0.05) is 5.16 Å². The van der Waals surface area contributed by atoms with Gasteiger partial charge < -0.3 is 23.8 Å². The van der Waals surface area contributed by atoms with Crippen LogP contribution in [-0.4, -0.2) is 59.7 Å². The molecule has 4 rings (SSSR count). The van der Waals surface area contributed by atoms with Crippen molar-refractivity contribution in [1.29, 1.82) is 0 Å². The van der Waals surface area contributed by atoms with Crippen molar-refractivity contribution < 1.29 is 23.6 Å². The fraction of sp³-hybridized carbons (Fsp3) is 0.353. The predicted octanol–water partition coefficient (Wildman–Crippen LogP) is 1.31. The maximum absolute atomic E-state index is 12.6. The summed E-state index contributed by atoms with van der Waals surface area (Å²) in [5.74, 6) is 1.57. The number of ether oxygens (including phenoxy) is 2. The molecule has 0 bridgehead atoms. The van der Waals surface area contributed by atoms with E-state index in [0.717, 1.165) is 0 Å². The molecule has 0 unspecified atom stereocenters. The highest BCUT2D eigenvalue weighted by Gasteiger charge is 2.27. The third-order valence-corrected chi connectivity index (χ3v) is 4.32. The fourth-order valence-electron chi connectivity index (χ4n) is 2.95. The molecule has 1 fully saturated rings. The van der Waals surface area contributed by atoms with Crippen molar-refractivity contribution in [2.24, 2.45) is 0 Å². The zero-order valence-electron chi connectivity index (χ0n) is 13.7. The van der Waals surface area contributed by atoms with Crippen LogP contribution in [0.25, 0.3) is 0 Å². The first-order valence-electron chi connectivity index (χ1n) is 8.03. The van der Waals surface area contributed by atoms with Crippen molar-refractivity contribution in [2.45, 2.75) is 6.92 Å². The van der Waals surface area contributed by atoms with Crippen molar-refractivity contribution in [3.8, 4) is 11.5 Å². The van der Waals surface area contributed by atoms with E-state index in [2.05, 4.69) is 5.16 Å². The van der Waals surface area contributed by atoms with Gasteiger partial charge in [0.1, 0.15) is 5.76 Å². The van der Waals surface area contributed by atoms with Gasteiger partial charge in [-0.25, -0.2) is 0 Å². The molecule has 3 heterocycles. The molecule has 2 aromatic rings. The Balaban J connectivity index is 1.40. The van der Waals surface area contributed by atoms with Crippen LogP contribution in [0, 0.1) is 6.92 Å². The highest BCUT2D eigenvalue weighted by atomic mass is 16.7. The Kier molecular flexibility index (Phi) is 3.79. The number of aryl methyl sites for hydroxylation is 1. The smallest absolute Gasteiger partial charge is 0.276 e. The second-order valence-electron chi connectivity index (χ2n) is 5.98. The monoisotopic (exact) mass is 343 g/mol. The molecule has 25 heavy (non-hydrogen) atoms. The molecule has 0 N–H and O–H groups in total. The minimum Gasteiger partial charge on any atom is -0.454 e. The summed E-state index contributed by atoms with van der Waals surface area (Å²) in [5.41, 5.74) is 0.851. The van der Waals surface area contributed by atoms with Gasteiger partial charge in [0.2, 0.25) is 6.79 Å². The first kappa shape index (κ1) is 15.5. The van der Waals surface area contributed by atoms with Gasteiger partial charge >= 0.3 is 0 Å². The van der Waals surface area contributed by atoms with Crippen molar-refractivity contribution in [1.82, 2.24) is 15.0 Å². The van der Waals surface area contributed by atoms with E-state index in [1.807, 2.05) is 0 Å². The molecule has 1 aromatic heterocycles. The molecule has 0 radical (unpaired) electrons. The summed E-state index contributed by atoms with van der Waals surface area (Å²) < 4.78 is 15.5. The van der Waals surface area contributed by atoms with Crippen LogP contribution in [-0.2, 0) is 0 Å². The SMILES string of the molecule is Cc1cc(C(=O)N2CCN(C(=O)c3ccc4c(c3)OCO4)CC2)no1. The van der Waals surface area contributed by atoms with Crippen LogP contribution < -0.4 is 9.47 Å². The van der Waals surface area contributed by atoms with Crippen LogP contribution in [0.1, 0.15) is 26.6 Å². The number of piperazine rings is 1. The van der Waals surface area contributed by atoms with E-state index < -0.39 is 0 Å². The zero-order chi connectivity index (χ0) is 17.4. The quantitative estimate of drug-likeness (QED) is 0.817. The second kappa shape index (κ2) is 6.12. The van der Waals surface area contributed by atoms with Gasteiger partial charge in [-0.05, 0) is 25.1 Å². The summed E-state index contributed by atoms with van der Waals surface area (Å²) >= 11 is 0. The average Bonchev–Trinajstić information content (AvgIpc) is 3.28. The first-order chi connectivity index (χ1) is 12.1. The topological polar surface area (TPSA) is 85.1 Å². The third-order valence-electron chi connectivity index (χ3n) is 4.32. The van der Waals surface area contributed by atoms with Gasteiger partial charge in [-0.15, -0.1) is 0 Å². The van der Waals surface area contributed by atoms with Crippen molar-refractivity contribution in [3.63, 3.8) is 0 Å². The lowest BCUT2D eigenvalue weighted by Crippen LogP contribution is -2.50. The average molecular weight is 343 g/mol. The number of hydrogen-bond donors (Lipinski definition) is 0. The molecule has 8 nitrogen and oxygen atoms in total. The Morgan fingerprint density at radius 1 is 0.960 bits per heavy atom. The van der Waals surface area contributed by atoms with Crippen LogP contribution >= 0.6 is 0 Å². The Bertz CT molecular complexity index is 823. The molecular weight excluding hydrogens is 326 g/mol. The van der Waals surface area contributed by atoms with Gasteiger partial charge in [0.15, 0.2) is 17.2 Å². The first-order valence-corrected chi connectivity index (χ1v) is 8.03. The van der Waals surface area contributed by atoms with Crippen molar-refractivity contribution in [3.05, 3.63) is 41.3 Å². The number of aromatic nitrogens is 1. The van der Waals surface area contributed by atoms with E-state index in [4.69, 9.17) is 14.0 Å². The summed E-state index contributed by atoms with van der Waals surface area (Å²) in [7, 11) is 0. The zero-order valence-corrected chi connectivity index (χ0v) is 13.7. The van der Waals surface area contributed by atoms with Gasteiger partial charge in [-0.2, -0.15) is 0 Å². The number of amides is 2. The molecule has 2 amide bonds. The Hall–Kier alpha value is -3.03. The van der Waals surface area contributed by atoms with Gasteiger partial charge in [-0.3, -0.25) is 9.59 Å². The van der Waals surface area contributed by atoms with E-state index in [1.165, 1.54) is 0 Å². The van der Waals surface area contributed by atoms with Crippen LogP contribution in [0.4, 0.5) is 0 Å². The number of carbonyl (C=O) groups is 2. The summed E-state index contributed by atoms with van der Waals surface area (Å²) in [6.07, 6.45) is 0. The minimum absolute atomic E-state index is 0.0809. The summed E-state index contributed by atoms with van der Waals surface area (Å²) in [5, 5.41) is 3.75. The molecule has 1 aromatic carbocycles. The lowest BCUT2D eigenvalue weighted by Gasteiger charge is -2.34. The molecule has 0 atom stereocenters. The number of rotatable bonds is 2. The molecule has 0 aliphatic carbocycles. The highest BCUT2D eigenvalue weighted by molar-refractivity contribution is 5.95. The fourth-order valence-corrected chi connectivity index (χ4v) is 2.95. The molecule has 0 saturated carbocycles. The van der Waals surface area contributed by atoms with Crippen LogP contribution in [0.3, 0.4) is 0 Å². The Morgan fingerprint density at radius 3 is 2.32 bits per heavy atom. The Labute approximate surface area is 143 Å². The lowest BCUT2D eigenvalue weighted by molar-refractivity contribution is 0.0529. The van der Waals surface area contributed by atoms with E-state index in [9.17, 15) is 9.59 Å². The number of fused-ring (bicyclic) bond motifs is 1. The standard InChI is InChI=1S/C17H17N3O5/c1-11-8-13(18-25-11)17(22)20-6-4-19(5-7-20)16(21)12-2-3-14-15(9-12)24-10-23-14/h2-3,8-9H,4-7,10H2,1H3. The van der Waals surface area contributed by atoms with Crippen LogP contribution in [0.15, 0.2) is 28.8 Å². The third kappa shape index (κ3) is 2.90. The van der Waals surface area contributed by atoms with E-state index in [-0.39, 0.29) is 18.6 Å². The highest BCUT2D eigenvalue weighted by Crippen LogP contribution is 2.32.